The van der Waals surface area contributed by atoms with Crippen molar-refractivity contribution in [2.24, 2.45) is 11.7 Å². The molecule has 10 heteroatoms. The van der Waals surface area contributed by atoms with Gasteiger partial charge in [-0.1, -0.05) is 0 Å². The molecular weight excluding hydrogens is 359 g/mol. The van der Waals surface area contributed by atoms with E-state index in [0.717, 1.165) is 12.3 Å². The Morgan fingerprint density at radius 2 is 2.17 bits per heavy atom. The molecule has 0 radical (unpaired) electrons. The lowest BCUT2D eigenvalue weighted by Gasteiger charge is -2.41. The zero-order valence-corrected chi connectivity index (χ0v) is 14.5. The number of nitrogens with zero attached hydrogens (tertiary/aromatic N) is 4. The minimum atomic E-state index is -0.423. The van der Waals surface area contributed by atoms with Crippen LogP contribution in [-0.4, -0.2) is 38.7 Å². The van der Waals surface area contributed by atoms with Crippen LogP contribution in [0.4, 0.5) is 10.3 Å². The third kappa shape index (κ3) is 2.91. The van der Waals surface area contributed by atoms with Crippen molar-refractivity contribution in [1.82, 2.24) is 19.7 Å². The molecule has 0 saturated carbocycles. The van der Waals surface area contributed by atoms with Crippen molar-refractivity contribution in [2.45, 2.75) is 11.0 Å². The first-order valence-electron chi connectivity index (χ1n) is 6.96. The summed E-state index contributed by atoms with van der Waals surface area (Å²) in [7, 11) is 0. The molecule has 3 atom stereocenters. The Hall–Kier alpha value is -1.00. The van der Waals surface area contributed by atoms with Gasteiger partial charge in [0.25, 0.3) is 0 Å². The molecule has 0 spiro atoms. The zero-order chi connectivity index (χ0) is 15.2. The van der Waals surface area contributed by atoms with Gasteiger partial charge < -0.3 is 10.6 Å². The van der Waals surface area contributed by atoms with Gasteiger partial charge in [0.1, 0.15) is 5.50 Å². The van der Waals surface area contributed by atoms with Crippen molar-refractivity contribution in [3.63, 3.8) is 0 Å². The predicted molar refractivity (Wildman–Crippen MR) is 92.3 cm³/mol. The van der Waals surface area contributed by atoms with Crippen LogP contribution in [0.3, 0.4) is 0 Å². The molecule has 23 heavy (non-hydrogen) atoms. The fourth-order valence-electron chi connectivity index (χ4n) is 3.21. The summed E-state index contributed by atoms with van der Waals surface area (Å²) in [5.41, 5.74) is 5.79. The van der Waals surface area contributed by atoms with E-state index in [4.69, 9.17) is 5.73 Å². The normalized spacial score (nSPS) is 29.9. The van der Waals surface area contributed by atoms with Crippen LogP contribution >= 0.6 is 35.7 Å². The summed E-state index contributed by atoms with van der Waals surface area (Å²) >= 11 is 3.21. The lowest BCUT2D eigenvalue weighted by molar-refractivity contribution is 0.280. The molecule has 0 bridgehead atoms. The lowest BCUT2D eigenvalue weighted by atomic mass is 9.86. The second-order valence-corrected chi connectivity index (χ2v) is 7.53. The first-order chi connectivity index (χ1) is 10.7. The molecule has 2 aromatic rings. The molecule has 2 saturated heterocycles. The number of fused-ring (bicyclic) bond motifs is 1. The minimum Gasteiger partial charge on any atom is -0.338 e. The largest absolute Gasteiger partial charge is 0.338 e. The first kappa shape index (κ1) is 16.8. The van der Waals surface area contributed by atoms with E-state index in [0.29, 0.717) is 18.4 Å². The van der Waals surface area contributed by atoms with Gasteiger partial charge in [-0.05, 0) is 17.6 Å². The van der Waals surface area contributed by atoms with E-state index in [1.807, 2.05) is 12.3 Å². The lowest BCUT2D eigenvalue weighted by Crippen LogP contribution is -2.58. The van der Waals surface area contributed by atoms with Gasteiger partial charge in [0.15, 0.2) is 5.82 Å². The van der Waals surface area contributed by atoms with Crippen LogP contribution in [0.2, 0.25) is 0 Å². The van der Waals surface area contributed by atoms with E-state index < -0.39 is 5.82 Å². The van der Waals surface area contributed by atoms with E-state index in [1.54, 1.807) is 11.8 Å². The third-order valence-corrected chi connectivity index (χ3v) is 6.22. The number of nitrogens with one attached hydrogen (secondary N) is 1. The summed E-state index contributed by atoms with van der Waals surface area (Å²) in [6, 6.07) is 2.04. The average Bonchev–Trinajstić information content (AvgIpc) is 3.15. The summed E-state index contributed by atoms with van der Waals surface area (Å²) in [4.78, 5) is 11.5. The highest BCUT2D eigenvalue weighted by Crippen LogP contribution is 2.44. The van der Waals surface area contributed by atoms with Crippen LogP contribution in [0.25, 0.3) is 0 Å². The molecule has 3 N–H and O–H groups in total. The van der Waals surface area contributed by atoms with Crippen LogP contribution in [-0.2, 0) is 5.54 Å². The molecule has 2 aliphatic heterocycles. The van der Waals surface area contributed by atoms with Gasteiger partial charge >= 0.3 is 0 Å². The quantitative estimate of drug-likeness (QED) is 0.822. The van der Waals surface area contributed by atoms with Crippen molar-refractivity contribution in [2.75, 3.05) is 23.7 Å². The minimum absolute atomic E-state index is 0. The summed E-state index contributed by atoms with van der Waals surface area (Å²) in [5.74, 6) is 1.48. The smallest absolute Gasteiger partial charge is 0.225 e. The molecule has 2 aliphatic rings. The highest BCUT2D eigenvalue weighted by Gasteiger charge is 2.52. The summed E-state index contributed by atoms with van der Waals surface area (Å²) < 4.78 is 17.3. The van der Waals surface area contributed by atoms with Gasteiger partial charge in [0.2, 0.25) is 5.95 Å². The molecule has 2 aromatic heterocycles. The van der Waals surface area contributed by atoms with Gasteiger partial charge in [-0.2, -0.15) is 0 Å². The van der Waals surface area contributed by atoms with E-state index in [9.17, 15) is 4.39 Å². The summed E-state index contributed by atoms with van der Waals surface area (Å²) in [6.07, 6.45) is 4.23. The monoisotopic (exact) mass is 374 g/mol. The first-order valence-corrected chi connectivity index (χ1v) is 8.78. The fourth-order valence-corrected chi connectivity index (χ4v) is 5.14. The van der Waals surface area contributed by atoms with Gasteiger partial charge in [-0.25, -0.2) is 18.7 Å². The second kappa shape index (κ2) is 6.48. The van der Waals surface area contributed by atoms with E-state index in [2.05, 4.69) is 24.6 Å². The fraction of sp³-hybridized carbons (Fsp3) is 0.462. The molecule has 4 heterocycles. The van der Waals surface area contributed by atoms with Crippen LogP contribution in [0.1, 0.15) is 4.88 Å². The molecular formula is C13H16ClFN6S2. The summed E-state index contributed by atoms with van der Waals surface area (Å²) in [6.45, 7) is 1.52. The van der Waals surface area contributed by atoms with Crippen molar-refractivity contribution in [3.8, 4) is 0 Å². The Labute approximate surface area is 147 Å². The molecule has 0 aliphatic carbocycles. The number of halogens is 2. The van der Waals surface area contributed by atoms with Gasteiger partial charge in [-0.15, -0.1) is 24.2 Å². The maximum atomic E-state index is 13.0. The predicted octanol–water partition coefficient (Wildman–Crippen LogP) is 1.40. The Balaban J connectivity index is 0.00000156. The topological polar surface area (TPSA) is 80.0 Å². The Morgan fingerprint density at radius 1 is 1.39 bits per heavy atom. The Kier molecular flexibility index (Phi) is 4.75. The zero-order valence-electron chi connectivity index (χ0n) is 12.1. The van der Waals surface area contributed by atoms with Gasteiger partial charge in [-0.3, -0.25) is 5.32 Å². The van der Waals surface area contributed by atoms with Crippen LogP contribution in [0.5, 0.6) is 0 Å². The summed E-state index contributed by atoms with van der Waals surface area (Å²) in [5, 5.41) is 3.55. The second-order valence-electron chi connectivity index (χ2n) is 5.53. The SMILES string of the molecule is Cl.NC1N[C@@]2(c3ccns3)CN(c3ncc(F)cn3)C[C@H]2CS1. The molecule has 4 rings (SSSR count). The third-order valence-electron chi connectivity index (χ3n) is 4.22. The Bertz CT molecular complexity index is 657. The van der Waals surface area contributed by atoms with Crippen LogP contribution in [0.15, 0.2) is 24.7 Å². The number of rotatable bonds is 2. The average molecular weight is 375 g/mol. The highest BCUT2D eigenvalue weighted by molar-refractivity contribution is 7.99. The van der Waals surface area contributed by atoms with Crippen LogP contribution in [0, 0.1) is 11.7 Å². The number of nitrogens with two attached hydrogens (primary N) is 1. The van der Waals surface area contributed by atoms with Crippen LogP contribution < -0.4 is 16.0 Å². The number of anilines is 1. The Morgan fingerprint density at radius 3 is 2.87 bits per heavy atom. The number of hydrogen-bond donors (Lipinski definition) is 2. The van der Waals surface area contributed by atoms with E-state index in [-0.39, 0.29) is 23.4 Å². The van der Waals surface area contributed by atoms with Gasteiger partial charge in [0.05, 0.1) is 17.9 Å². The standard InChI is InChI=1S/C13H15FN6S2.ClH/c14-9-3-16-12(17-4-9)20-5-8-6-21-11(15)19-13(8,7-20)10-1-2-18-22-10;/h1-4,8,11,19H,5-7,15H2;1H/t8-,11?,13-;/m0./s1. The number of thioether (sulfide) groups is 1. The maximum absolute atomic E-state index is 13.0. The molecule has 124 valence electrons. The van der Waals surface area contributed by atoms with Crippen molar-refractivity contribution < 1.29 is 4.39 Å². The number of aromatic nitrogens is 3. The van der Waals surface area contributed by atoms with E-state index in [1.165, 1.54) is 28.8 Å². The maximum Gasteiger partial charge on any atom is 0.225 e. The van der Waals surface area contributed by atoms with Crippen molar-refractivity contribution in [1.29, 1.82) is 0 Å². The van der Waals surface area contributed by atoms with E-state index >= 15 is 0 Å². The molecule has 0 aromatic carbocycles. The van der Waals surface area contributed by atoms with Crippen molar-refractivity contribution in [3.05, 3.63) is 35.4 Å². The molecule has 0 amide bonds. The molecule has 1 unspecified atom stereocenters. The van der Waals surface area contributed by atoms with Gasteiger partial charge in [0, 0.05) is 35.8 Å². The van der Waals surface area contributed by atoms with Crippen molar-refractivity contribution >= 4 is 41.6 Å². The number of hydrogen-bond acceptors (Lipinski definition) is 8. The highest BCUT2D eigenvalue weighted by atomic mass is 35.5. The molecule has 2 fully saturated rings. The molecule has 6 nitrogen and oxygen atoms in total.